The van der Waals surface area contributed by atoms with E-state index in [0.717, 1.165) is 16.7 Å². The molecule has 0 atom stereocenters. The number of nitrogen functional groups attached to an aromatic ring is 1. The van der Waals surface area contributed by atoms with Crippen molar-refractivity contribution < 1.29 is 14.3 Å². The van der Waals surface area contributed by atoms with E-state index >= 15 is 0 Å². The molecule has 0 bridgehead atoms. The standard InChI is InChI=1S/C26H30N4O5/c1-17(2)14-22(31)29(13-12-18-10-11-20(34-3)21(15-18)35-4)23-24(27)30(26(33)28-25(23)32)16-19-8-6-5-7-9-19/h5-11,14-15H,12-13,16,27H2,1-4H3,(H,28,32,33). The summed E-state index contributed by atoms with van der Waals surface area (Å²) in [5, 5.41) is 0. The molecule has 2 aromatic carbocycles. The van der Waals surface area contributed by atoms with Crippen molar-refractivity contribution in [3.05, 3.63) is 92.1 Å². The molecule has 184 valence electrons. The molecule has 0 aliphatic carbocycles. The molecule has 3 N–H and O–H groups in total. The van der Waals surface area contributed by atoms with Gasteiger partial charge in [-0.25, -0.2) is 4.79 Å². The van der Waals surface area contributed by atoms with Gasteiger partial charge < -0.3 is 20.1 Å². The number of rotatable bonds is 9. The fourth-order valence-corrected chi connectivity index (χ4v) is 3.70. The van der Waals surface area contributed by atoms with Gasteiger partial charge in [-0.2, -0.15) is 0 Å². The van der Waals surface area contributed by atoms with Crippen LogP contribution in [-0.2, 0) is 17.8 Å². The number of ether oxygens (including phenoxy) is 2. The van der Waals surface area contributed by atoms with Crippen LogP contribution in [-0.4, -0.2) is 36.2 Å². The van der Waals surface area contributed by atoms with Crippen molar-refractivity contribution in [3.8, 4) is 11.5 Å². The zero-order valence-corrected chi connectivity index (χ0v) is 20.3. The monoisotopic (exact) mass is 478 g/mol. The highest BCUT2D eigenvalue weighted by Crippen LogP contribution is 2.28. The van der Waals surface area contributed by atoms with Gasteiger partial charge in [-0.15, -0.1) is 0 Å². The summed E-state index contributed by atoms with van der Waals surface area (Å²) in [4.78, 5) is 42.3. The Morgan fingerprint density at radius 1 is 1.03 bits per heavy atom. The number of H-pyrrole nitrogens is 1. The molecule has 0 spiro atoms. The third-order valence-corrected chi connectivity index (χ3v) is 5.42. The molecule has 0 radical (unpaired) electrons. The van der Waals surface area contributed by atoms with Gasteiger partial charge in [-0.3, -0.25) is 19.1 Å². The largest absolute Gasteiger partial charge is 0.493 e. The van der Waals surface area contributed by atoms with Crippen LogP contribution in [0.1, 0.15) is 25.0 Å². The Morgan fingerprint density at radius 2 is 1.71 bits per heavy atom. The second kappa shape index (κ2) is 11.2. The quantitative estimate of drug-likeness (QED) is 0.457. The molecule has 1 aromatic heterocycles. The molecule has 0 fully saturated rings. The minimum absolute atomic E-state index is 0.0662. The molecule has 9 nitrogen and oxygen atoms in total. The molecule has 0 aliphatic heterocycles. The van der Waals surface area contributed by atoms with Crippen molar-refractivity contribution in [1.29, 1.82) is 0 Å². The van der Waals surface area contributed by atoms with E-state index in [1.807, 2.05) is 42.5 Å². The molecular weight excluding hydrogens is 448 g/mol. The number of nitrogens with two attached hydrogens (primary N) is 1. The Balaban J connectivity index is 2.03. The zero-order valence-electron chi connectivity index (χ0n) is 20.3. The van der Waals surface area contributed by atoms with E-state index in [9.17, 15) is 14.4 Å². The summed E-state index contributed by atoms with van der Waals surface area (Å²) in [5.74, 6) is 0.654. The number of aromatic amines is 1. The molecule has 9 heteroatoms. The lowest BCUT2D eigenvalue weighted by Crippen LogP contribution is -2.41. The third kappa shape index (κ3) is 6.00. The molecule has 0 aliphatic rings. The first kappa shape index (κ1) is 25.4. The van der Waals surface area contributed by atoms with Crippen molar-refractivity contribution in [2.75, 3.05) is 31.4 Å². The van der Waals surface area contributed by atoms with E-state index in [2.05, 4.69) is 4.98 Å². The van der Waals surface area contributed by atoms with E-state index in [1.54, 1.807) is 34.1 Å². The van der Waals surface area contributed by atoms with Crippen LogP contribution in [0.3, 0.4) is 0 Å². The van der Waals surface area contributed by atoms with Gasteiger partial charge in [0.25, 0.3) is 11.5 Å². The SMILES string of the molecule is COc1ccc(CCN(C(=O)C=C(C)C)c2c(N)n(Cc3ccccc3)c(=O)[nH]c2=O)cc1OC. The number of aromatic nitrogens is 2. The van der Waals surface area contributed by atoms with Gasteiger partial charge in [0.1, 0.15) is 5.82 Å². The minimum atomic E-state index is -0.723. The summed E-state index contributed by atoms with van der Waals surface area (Å²) in [6.45, 7) is 3.87. The van der Waals surface area contributed by atoms with Gasteiger partial charge in [-0.05, 0) is 43.5 Å². The molecule has 0 saturated heterocycles. The van der Waals surface area contributed by atoms with Crippen LogP contribution < -0.4 is 31.4 Å². The maximum absolute atomic E-state index is 13.2. The predicted octanol–water partition coefficient (Wildman–Crippen LogP) is 2.73. The average Bonchev–Trinajstić information content (AvgIpc) is 2.83. The number of methoxy groups -OCH3 is 2. The first-order chi connectivity index (χ1) is 16.7. The molecule has 0 unspecified atom stereocenters. The number of hydrogen-bond acceptors (Lipinski definition) is 6. The van der Waals surface area contributed by atoms with Gasteiger partial charge >= 0.3 is 5.69 Å². The number of nitrogens with one attached hydrogen (secondary N) is 1. The lowest BCUT2D eigenvalue weighted by molar-refractivity contribution is -0.114. The van der Waals surface area contributed by atoms with Crippen molar-refractivity contribution in [2.24, 2.45) is 0 Å². The summed E-state index contributed by atoms with van der Waals surface area (Å²) in [6.07, 6.45) is 1.83. The second-order valence-electron chi connectivity index (χ2n) is 8.22. The number of allylic oxidation sites excluding steroid dienone is 1. The highest BCUT2D eigenvalue weighted by molar-refractivity contribution is 6.03. The zero-order chi connectivity index (χ0) is 25.5. The molecule has 35 heavy (non-hydrogen) atoms. The summed E-state index contributed by atoms with van der Waals surface area (Å²) in [7, 11) is 3.10. The number of carbonyl (C=O) groups is 1. The Hall–Kier alpha value is -4.27. The Labute approximate surface area is 203 Å². The van der Waals surface area contributed by atoms with Gasteiger partial charge in [-0.1, -0.05) is 42.0 Å². The fourth-order valence-electron chi connectivity index (χ4n) is 3.70. The summed E-state index contributed by atoms with van der Waals surface area (Å²) in [6, 6.07) is 14.7. The number of hydrogen-bond donors (Lipinski definition) is 2. The van der Waals surface area contributed by atoms with Crippen LogP contribution >= 0.6 is 0 Å². The molecule has 3 rings (SSSR count). The van der Waals surface area contributed by atoms with Crippen LogP contribution in [0.5, 0.6) is 11.5 Å². The van der Waals surface area contributed by atoms with Crippen LogP contribution in [0.2, 0.25) is 0 Å². The van der Waals surface area contributed by atoms with Crippen LogP contribution in [0.25, 0.3) is 0 Å². The number of carbonyl (C=O) groups excluding carboxylic acids is 1. The summed E-state index contributed by atoms with van der Waals surface area (Å²) in [5.41, 5.74) is 7.37. The van der Waals surface area contributed by atoms with Crippen LogP contribution in [0, 0.1) is 0 Å². The number of nitrogens with zero attached hydrogens (tertiary/aromatic N) is 2. The first-order valence-electron chi connectivity index (χ1n) is 11.1. The maximum Gasteiger partial charge on any atom is 0.330 e. The second-order valence-corrected chi connectivity index (χ2v) is 8.22. The highest BCUT2D eigenvalue weighted by Gasteiger charge is 2.23. The smallest absolute Gasteiger partial charge is 0.330 e. The number of benzene rings is 2. The van der Waals surface area contributed by atoms with Gasteiger partial charge in [0, 0.05) is 12.6 Å². The predicted molar refractivity (Wildman–Crippen MR) is 136 cm³/mol. The fraction of sp³-hybridized carbons (Fsp3) is 0.269. The van der Waals surface area contributed by atoms with Crippen molar-refractivity contribution in [1.82, 2.24) is 9.55 Å². The lowest BCUT2D eigenvalue weighted by atomic mass is 10.1. The topological polar surface area (TPSA) is 120 Å². The van der Waals surface area contributed by atoms with E-state index in [1.165, 1.54) is 15.5 Å². The maximum atomic E-state index is 13.2. The van der Waals surface area contributed by atoms with Crippen LogP contribution in [0.15, 0.2) is 69.8 Å². The average molecular weight is 479 g/mol. The highest BCUT2D eigenvalue weighted by atomic mass is 16.5. The number of anilines is 2. The van der Waals surface area contributed by atoms with Crippen molar-refractivity contribution >= 4 is 17.4 Å². The van der Waals surface area contributed by atoms with E-state index in [0.29, 0.717) is 17.9 Å². The molecular formula is C26H30N4O5. The van der Waals surface area contributed by atoms with E-state index < -0.39 is 17.2 Å². The van der Waals surface area contributed by atoms with Gasteiger partial charge in [0.2, 0.25) is 0 Å². The Bertz CT molecular complexity index is 1340. The third-order valence-electron chi connectivity index (χ3n) is 5.42. The lowest BCUT2D eigenvalue weighted by Gasteiger charge is -2.24. The molecule has 0 saturated carbocycles. The first-order valence-corrected chi connectivity index (χ1v) is 11.1. The Morgan fingerprint density at radius 3 is 2.34 bits per heavy atom. The summed E-state index contributed by atoms with van der Waals surface area (Å²) < 4.78 is 11.9. The van der Waals surface area contributed by atoms with Crippen molar-refractivity contribution in [3.63, 3.8) is 0 Å². The Kier molecular flexibility index (Phi) is 8.14. The number of amides is 1. The molecule has 3 aromatic rings. The van der Waals surface area contributed by atoms with E-state index in [-0.39, 0.29) is 24.6 Å². The van der Waals surface area contributed by atoms with Gasteiger partial charge in [0.05, 0.1) is 20.8 Å². The van der Waals surface area contributed by atoms with Crippen molar-refractivity contribution in [2.45, 2.75) is 26.8 Å². The molecule has 1 amide bonds. The summed E-state index contributed by atoms with van der Waals surface area (Å²) >= 11 is 0. The molecule has 1 heterocycles. The van der Waals surface area contributed by atoms with Crippen LogP contribution in [0.4, 0.5) is 11.5 Å². The minimum Gasteiger partial charge on any atom is -0.493 e. The van der Waals surface area contributed by atoms with E-state index in [4.69, 9.17) is 15.2 Å². The normalized spacial score (nSPS) is 10.5. The van der Waals surface area contributed by atoms with Gasteiger partial charge in [0.15, 0.2) is 17.2 Å².